The number of hydrogen-bond acceptors (Lipinski definition) is 4. The summed E-state index contributed by atoms with van der Waals surface area (Å²) >= 11 is 0. The maximum atomic E-state index is 10.9. The molecule has 5 heteroatoms. The minimum absolute atomic E-state index is 0.244. The Morgan fingerprint density at radius 2 is 1.70 bits per heavy atom. The van der Waals surface area contributed by atoms with Gasteiger partial charge in [0.25, 0.3) is 0 Å². The molecule has 4 N–H and O–H groups in total. The highest BCUT2D eigenvalue weighted by Crippen LogP contribution is 2.27. The van der Waals surface area contributed by atoms with Gasteiger partial charge in [0.1, 0.15) is 0 Å². The summed E-state index contributed by atoms with van der Waals surface area (Å²) in [7, 11) is 0. The van der Waals surface area contributed by atoms with Crippen molar-refractivity contribution >= 4 is 5.91 Å². The number of aliphatic hydroxyl groups is 2. The molecule has 0 saturated carbocycles. The SMILES string of the molecule is C/C=C\C(O)CC[C@@H](C)[C@@H](CCCCCCC(=O)NO)[C@H](C)O. The van der Waals surface area contributed by atoms with Crippen LogP contribution in [0.4, 0.5) is 0 Å². The predicted octanol–water partition coefficient (Wildman–Crippen LogP) is 3.18. The van der Waals surface area contributed by atoms with Crippen LogP contribution in [0.2, 0.25) is 0 Å². The highest BCUT2D eigenvalue weighted by Gasteiger charge is 2.22. The zero-order valence-electron chi connectivity index (χ0n) is 14.9. The minimum atomic E-state index is -0.394. The average molecular weight is 329 g/mol. The van der Waals surface area contributed by atoms with Crippen LogP contribution in [0, 0.1) is 11.8 Å². The summed E-state index contributed by atoms with van der Waals surface area (Å²) in [6.07, 6.45) is 9.65. The first-order chi connectivity index (χ1) is 10.9. The molecule has 0 heterocycles. The van der Waals surface area contributed by atoms with E-state index in [0.29, 0.717) is 12.3 Å². The van der Waals surface area contributed by atoms with Crippen LogP contribution < -0.4 is 5.48 Å². The predicted molar refractivity (Wildman–Crippen MR) is 92.0 cm³/mol. The van der Waals surface area contributed by atoms with Crippen LogP contribution >= 0.6 is 0 Å². The lowest BCUT2D eigenvalue weighted by molar-refractivity contribution is -0.129. The number of amides is 1. The molecule has 0 aliphatic heterocycles. The zero-order chi connectivity index (χ0) is 17.7. The van der Waals surface area contributed by atoms with Gasteiger partial charge >= 0.3 is 0 Å². The van der Waals surface area contributed by atoms with E-state index in [0.717, 1.165) is 44.9 Å². The van der Waals surface area contributed by atoms with Gasteiger partial charge in [0.15, 0.2) is 0 Å². The number of rotatable bonds is 13. The lowest BCUT2D eigenvalue weighted by atomic mass is 9.82. The Labute approximate surface area is 140 Å². The summed E-state index contributed by atoms with van der Waals surface area (Å²) in [6, 6.07) is 0. The third-order valence-corrected chi connectivity index (χ3v) is 4.50. The summed E-state index contributed by atoms with van der Waals surface area (Å²) in [6.45, 7) is 5.88. The average Bonchev–Trinajstić information content (AvgIpc) is 2.51. The molecule has 0 aromatic rings. The number of hydroxylamine groups is 1. The number of nitrogens with one attached hydrogen (secondary N) is 1. The molecule has 5 nitrogen and oxygen atoms in total. The van der Waals surface area contributed by atoms with E-state index in [1.54, 1.807) is 11.6 Å². The molecule has 4 atom stereocenters. The van der Waals surface area contributed by atoms with E-state index in [1.165, 1.54) is 0 Å². The standard InChI is InChI=1S/C18H35NO4/c1-4-9-16(21)13-12-14(2)17(15(3)20)10-7-5-6-8-11-18(22)19-23/h4,9,14-17,20-21,23H,5-8,10-13H2,1-3H3,(H,19,22)/b9-4-/t14-,15+,16?,17-/m1/s1. The Morgan fingerprint density at radius 3 is 2.26 bits per heavy atom. The number of hydrogen-bond donors (Lipinski definition) is 4. The van der Waals surface area contributed by atoms with Gasteiger partial charge < -0.3 is 10.2 Å². The van der Waals surface area contributed by atoms with Crippen molar-refractivity contribution < 1.29 is 20.2 Å². The topological polar surface area (TPSA) is 89.8 Å². The molecule has 0 aromatic carbocycles. The molecule has 0 fully saturated rings. The van der Waals surface area contributed by atoms with Crippen molar-refractivity contribution in [1.29, 1.82) is 0 Å². The summed E-state index contributed by atoms with van der Waals surface area (Å²) in [5.74, 6) is 0.281. The van der Waals surface area contributed by atoms with E-state index >= 15 is 0 Å². The van der Waals surface area contributed by atoms with Crippen molar-refractivity contribution in [2.75, 3.05) is 0 Å². The molecule has 0 radical (unpaired) electrons. The molecule has 23 heavy (non-hydrogen) atoms. The fourth-order valence-electron chi connectivity index (χ4n) is 3.04. The number of allylic oxidation sites excluding steroid dienone is 1. The number of aliphatic hydroxyl groups excluding tert-OH is 2. The van der Waals surface area contributed by atoms with Crippen molar-refractivity contribution in [3.63, 3.8) is 0 Å². The van der Waals surface area contributed by atoms with E-state index in [-0.39, 0.29) is 17.9 Å². The van der Waals surface area contributed by atoms with E-state index < -0.39 is 6.10 Å². The molecule has 0 spiro atoms. The first-order valence-electron chi connectivity index (χ1n) is 8.84. The maximum Gasteiger partial charge on any atom is 0.243 e. The first-order valence-corrected chi connectivity index (χ1v) is 8.84. The second-order valence-corrected chi connectivity index (χ2v) is 6.54. The number of carbonyl (C=O) groups excluding carboxylic acids is 1. The fourth-order valence-corrected chi connectivity index (χ4v) is 3.04. The normalized spacial score (nSPS) is 17.0. The first kappa shape index (κ1) is 22.1. The third-order valence-electron chi connectivity index (χ3n) is 4.50. The van der Waals surface area contributed by atoms with E-state index in [2.05, 4.69) is 6.92 Å². The second-order valence-electron chi connectivity index (χ2n) is 6.54. The maximum absolute atomic E-state index is 10.9. The lowest BCUT2D eigenvalue weighted by Gasteiger charge is -2.27. The molecule has 1 unspecified atom stereocenters. The molecule has 0 aromatic heterocycles. The second kappa shape index (κ2) is 13.5. The molecular formula is C18H35NO4. The van der Waals surface area contributed by atoms with Crippen LogP contribution in [-0.4, -0.2) is 33.5 Å². The van der Waals surface area contributed by atoms with Crippen molar-refractivity contribution in [3.05, 3.63) is 12.2 Å². The van der Waals surface area contributed by atoms with Gasteiger partial charge in [-0.1, -0.05) is 38.3 Å². The van der Waals surface area contributed by atoms with E-state index in [9.17, 15) is 15.0 Å². The Balaban J connectivity index is 3.99. The summed E-state index contributed by atoms with van der Waals surface area (Å²) in [5.41, 5.74) is 1.64. The van der Waals surface area contributed by atoms with Crippen LogP contribution in [0.1, 0.15) is 72.1 Å². The van der Waals surface area contributed by atoms with E-state index in [4.69, 9.17) is 5.21 Å². The Morgan fingerprint density at radius 1 is 1.04 bits per heavy atom. The molecule has 0 bridgehead atoms. The van der Waals surface area contributed by atoms with Crippen LogP contribution in [-0.2, 0) is 4.79 Å². The summed E-state index contributed by atoms with van der Waals surface area (Å²) in [4.78, 5) is 10.9. The van der Waals surface area contributed by atoms with Crippen LogP contribution in [0.3, 0.4) is 0 Å². The molecular weight excluding hydrogens is 294 g/mol. The minimum Gasteiger partial charge on any atom is -0.393 e. The van der Waals surface area contributed by atoms with Crippen LogP contribution in [0.15, 0.2) is 12.2 Å². The Hall–Kier alpha value is -0.910. The number of carbonyl (C=O) groups is 1. The highest BCUT2D eigenvalue weighted by molar-refractivity contribution is 5.74. The molecule has 1 amide bonds. The molecule has 0 aliphatic carbocycles. The van der Waals surface area contributed by atoms with Gasteiger partial charge in [-0.2, -0.15) is 0 Å². The zero-order valence-corrected chi connectivity index (χ0v) is 14.9. The summed E-state index contributed by atoms with van der Waals surface area (Å²) in [5, 5.41) is 28.2. The third kappa shape index (κ3) is 11.3. The number of unbranched alkanes of at least 4 members (excludes halogenated alkanes) is 3. The van der Waals surface area contributed by atoms with Crippen molar-refractivity contribution in [3.8, 4) is 0 Å². The fraction of sp³-hybridized carbons (Fsp3) is 0.833. The van der Waals surface area contributed by atoms with Gasteiger partial charge in [-0.15, -0.1) is 0 Å². The smallest absolute Gasteiger partial charge is 0.243 e. The molecule has 0 aliphatic rings. The largest absolute Gasteiger partial charge is 0.393 e. The lowest BCUT2D eigenvalue weighted by Crippen LogP contribution is -2.25. The van der Waals surface area contributed by atoms with Gasteiger partial charge in [0.2, 0.25) is 5.91 Å². The highest BCUT2D eigenvalue weighted by atomic mass is 16.5. The van der Waals surface area contributed by atoms with Gasteiger partial charge in [-0.25, -0.2) is 5.48 Å². The van der Waals surface area contributed by atoms with Crippen LogP contribution in [0.25, 0.3) is 0 Å². The van der Waals surface area contributed by atoms with Crippen molar-refractivity contribution in [2.24, 2.45) is 11.8 Å². The monoisotopic (exact) mass is 329 g/mol. The van der Waals surface area contributed by atoms with Crippen LogP contribution in [0.5, 0.6) is 0 Å². The molecule has 0 saturated heterocycles. The van der Waals surface area contributed by atoms with E-state index in [1.807, 2.05) is 19.9 Å². The quantitative estimate of drug-likeness (QED) is 0.181. The van der Waals surface area contributed by atoms with Gasteiger partial charge in [0, 0.05) is 6.42 Å². The van der Waals surface area contributed by atoms with Gasteiger partial charge in [0.05, 0.1) is 12.2 Å². The molecule has 0 rings (SSSR count). The van der Waals surface area contributed by atoms with Crippen molar-refractivity contribution in [1.82, 2.24) is 5.48 Å². The summed E-state index contributed by atoms with van der Waals surface area (Å²) < 4.78 is 0. The van der Waals surface area contributed by atoms with Crippen molar-refractivity contribution in [2.45, 2.75) is 84.3 Å². The Bertz CT molecular complexity index is 331. The van der Waals surface area contributed by atoms with Gasteiger partial charge in [-0.3, -0.25) is 10.0 Å². The van der Waals surface area contributed by atoms with Gasteiger partial charge in [-0.05, 0) is 51.4 Å². The Kier molecular flexibility index (Phi) is 13.0. The molecule has 136 valence electrons.